The molecule has 2 aromatic rings. The highest BCUT2D eigenvalue weighted by Crippen LogP contribution is 2.62. The Labute approximate surface area is 370 Å². The summed E-state index contributed by atoms with van der Waals surface area (Å²) in [6.07, 6.45) is 8.93. The lowest BCUT2D eigenvalue weighted by atomic mass is 9.55. The van der Waals surface area contributed by atoms with Crippen molar-refractivity contribution in [1.82, 2.24) is 4.90 Å². The summed E-state index contributed by atoms with van der Waals surface area (Å²) in [7, 11) is 3.03. The van der Waals surface area contributed by atoms with Crippen molar-refractivity contribution >= 4 is 23.6 Å². The van der Waals surface area contributed by atoms with Crippen molar-refractivity contribution in [3.05, 3.63) is 78.9 Å². The van der Waals surface area contributed by atoms with E-state index in [1.165, 1.54) is 14.2 Å². The molecule has 3 aliphatic rings. The lowest BCUT2D eigenvalue weighted by Crippen LogP contribution is -2.70. The monoisotopic (exact) mass is 879 g/mol. The Hall–Kier alpha value is -5.13. The number of nitrogens with zero attached hydrogens (tertiary/aromatic N) is 2. The zero-order chi connectivity index (χ0) is 45.2. The Morgan fingerprint density at radius 2 is 1.73 bits per heavy atom. The number of rotatable bonds is 26. The highest BCUT2D eigenvalue weighted by Gasteiger charge is 2.65. The first-order valence-corrected chi connectivity index (χ1v) is 21.9. The Kier molecular flexibility index (Phi) is 19.1. The predicted molar refractivity (Wildman–Crippen MR) is 237 cm³/mol. The van der Waals surface area contributed by atoms with Crippen LogP contribution >= 0.6 is 0 Å². The summed E-state index contributed by atoms with van der Waals surface area (Å²) >= 11 is 0. The molecule has 2 aliphatic carbocycles. The number of ether oxygens (including phenoxy) is 7. The van der Waals surface area contributed by atoms with Crippen LogP contribution in [0.2, 0.25) is 0 Å². The molecular formula is C47H65N3O13. The van der Waals surface area contributed by atoms with E-state index in [2.05, 4.69) is 24.6 Å². The van der Waals surface area contributed by atoms with Crippen molar-refractivity contribution in [3.63, 3.8) is 0 Å². The largest absolute Gasteiger partial charge is 0.497 e. The molecular weight excluding hydrogens is 815 g/mol. The van der Waals surface area contributed by atoms with Crippen molar-refractivity contribution < 1.29 is 62.9 Å². The van der Waals surface area contributed by atoms with Gasteiger partial charge in [0.05, 0.1) is 64.6 Å². The summed E-state index contributed by atoms with van der Waals surface area (Å²) in [6, 6.07) is 9.37. The third-order valence-electron chi connectivity index (χ3n) is 11.7. The second kappa shape index (κ2) is 24.6. The molecule has 0 radical (unpaired) electrons. The molecule has 6 atom stereocenters. The van der Waals surface area contributed by atoms with Gasteiger partial charge in [-0.15, -0.1) is 13.2 Å². The second-order valence-electron chi connectivity index (χ2n) is 15.5. The number of methoxy groups -OCH3 is 2. The van der Waals surface area contributed by atoms with Gasteiger partial charge < -0.3 is 53.3 Å². The number of aliphatic hydroxyl groups excluding tert-OH is 3. The van der Waals surface area contributed by atoms with Gasteiger partial charge in [-0.05, 0) is 86.8 Å². The number of amides is 2. The molecule has 5 rings (SSSR count). The number of unbranched alkanes of at least 4 members (excludes halogenated alkanes) is 2. The van der Waals surface area contributed by atoms with Crippen molar-refractivity contribution in [2.45, 2.75) is 76.0 Å². The van der Waals surface area contributed by atoms with E-state index < -0.39 is 29.9 Å². The van der Waals surface area contributed by atoms with Gasteiger partial charge in [0.15, 0.2) is 0 Å². The molecule has 16 nitrogen and oxygen atoms in total. The molecule has 1 fully saturated rings. The van der Waals surface area contributed by atoms with Gasteiger partial charge in [-0.1, -0.05) is 36.2 Å². The van der Waals surface area contributed by atoms with Gasteiger partial charge in [0.2, 0.25) is 5.79 Å². The molecule has 1 saturated carbocycles. The summed E-state index contributed by atoms with van der Waals surface area (Å²) in [5.41, 5.74) is 2.61. The van der Waals surface area contributed by atoms with Crippen LogP contribution in [0.4, 0.5) is 15.3 Å². The van der Waals surface area contributed by atoms with Gasteiger partial charge in [-0.2, -0.15) is 0 Å². The number of carbonyl (C=O) groups excluding carboxylic acids is 2. The van der Waals surface area contributed by atoms with Crippen LogP contribution in [-0.2, 0) is 19.0 Å². The first kappa shape index (κ1) is 48.9. The Morgan fingerprint density at radius 3 is 2.43 bits per heavy atom. The van der Waals surface area contributed by atoms with Crippen LogP contribution in [-0.4, -0.2) is 124 Å². The molecule has 2 amide bonds. The van der Waals surface area contributed by atoms with E-state index in [-0.39, 0.29) is 82.7 Å². The van der Waals surface area contributed by atoms with Crippen molar-refractivity contribution in [1.29, 1.82) is 0 Å². The number of benzene rings is 2. The van der Waals surface area contributed by atoms with E-state index >= 15 is 0 Å². The van der Waals surface area contributed by atoms with Crippen LogP contribution in [0, 0.1) is 17.8 Å². The number of allylic oxidation sites excluding steroid dienone is 1. The molecule has 346 valence electrons. The van der Waals surface area contributed by atoms with Gasteiger partial charge in [0.1, 0.15) is 35.6 Å². The lowest BCUT2D eigenvalue weighted by molar-refractivity contribution is -0.256. The molecule has 63 heavy (non-hydrogen) atoms. The average Bonchev–Trinajstić information content (AvgIpc) is 3.29. The average molecular weight is 880 g/mol. The number of aliphatic hydroxyl groups is 3. The topological polar surface area (TPSA) is 196 Å². The molecule has 1 heterocycles. The molecule has 0 spiro atoms. The minimum atomic E-state index is -1.55. The van der Waals surface area contributed by atoms with Gasteiger partial charge >= 0.3 is 12.2 Å². The third kappa shape index (κ3) is 11.9. The number of anilines is 1. The van der Waals surface area contributed by atoms with E-state index in [9.17, 15) is 24.9 Å². The summed E-state index contributed by atoms with van der Waals surface area (Å²) in [6.45, 7) is 10.2. The van der Waals surface area contributed by atoms with Crippen LogP contribution in [0.1, 0.15) is 69.8 Å². The first-order valence-electron chi connectivity index (χ1n) is 21.9. The van der Waals surface area contributed by atoms with Crippen molar-refractivity contribution in [2.24, 2.45) is 22.9 Å². The number of carbonyl (C=O) groups is 2. The standard InChI is InChI=1S/C47H65N3O13/c1-6-9-25-59-46(55)50(20-26-58-27-23-53)42-31-39(49-61-8-3)36-28-32(14-10-12-21-51)35(15-11-13-22-52)43-37-29-34(17-19-40(37)63-47(42,44(36)43)60-24-7-2)62-45(54)48-38-18-16-33(56-4)30-41(38)57-5/h6-7,16-19,28-30,32,35,42-44,51-53H,1-2,8-15,20-27,31H2,3-5H3,(H,48,54)/t32-,35+,42-,43+,44+,47+/m0/s1. The molecule has 4 N–H and O–H groups in total. The number of nitrogens with one attached hydrogen (secondary N) is 1. The number of hydrogen-bond donors (Lipinski definition) is 4. The Bertz CT molecular complexity index is 1890. The fourth-order valence-corrected chi connectivity index (χ4v) is 9.01. The summed E-state index contributed by atoms with van der Waals surface area (Å²) in [5, 5.41) is 36.8. The molecule has 16 heteroatoms. The van der Waals surface area contributed by atoms with Gasteiger partial charge in [-0.3, -0.25) is 10.2 Å². The van der Waals surface area contributed by atoms with Crippen LogP contribution < -0.4 is 24.3 Å². The van der Waals surface area contributed by atoms with Gasteiger partial charge in [-0.25, -0.2) is 9.59 Å². The smallest absolute Gasteiger partial charge is 0.417 e. The minimum Gasteiger partial charge on any atom is -0.497 e. The first-order chi connectivity index (χ1) is 30.7. The van der Waals surface area contributed by atoms with Crippen LogP contribution in [0.15, 0.2) is 78.5 Å². The maximum absolute atomic E-state index is 14.3. The molecule has 2 aromatic carbocycles. The van der Waals surface area contributed by atoms with Crippen LogP contribution in [0.25, 0.3) is 0 Å². The van der Waals surface area contributed by atoms with E-state index in [1.807, 2.05) is 13.0 Å². The SMILES string of the molecule is C=CCCOC(=O)N(CCOCCO)[C@H]1CC(=NOCC)C2=C[C@H](CCCCO)[C@@H](CCCCO)[C@@H]3c4cc(OC(=O)Nc5ccc(OC)cc5OC)ccc4O[C@@]1(OCC=C)[C@H]23. The molecule has 0 saturated heterocycles. The summed E-state index contributed by atoms with van der Waals surface area (Å²) in [5.74, 6) is -0.941. The van der Waals surface area contributed by atoms with Crippen LogP contribution in [0.3, 0.4) is 0 Å². The molecule has 0 unspecified atom stereocenters. The molecule has 0 bridgehead atoms. The van der Waals surface area contributed by atoms with E-state index in [4.69, 9.17) is 43.2 Å². The van der Waals surface area contributed by atoms with Gasteiger partial charge in [0.25, 0.3) is 0 Å². The Morgan fingerprint density at radius 1 is 0.952 bits per heavy atom. The summed E-state index contributed by atoms with van der Waals surface area (Å²) < 4.78 is 42.5. The minimum absolute atomic E-state index is 0.0137. The maximum Gasteiger partial charge on any atom is 0.417 e. The third-order valence-corrected chi connectivity index (χ3v) is 11.7. The van der Waals surface area contributed by atoms with Crippen molar-refractivity contribution in [3.8, 4) is 23.0 Å². The molecule has 1 aliphatic heterocycles. The Balaban J connectivity index is 1.71. The van der Waals surface area contributed by atoms with Crippen molar-refractivity contribution in [2.75, 3.05) is 78.9 Å². The van der Waals surface area contributed by atoms with E-state index in [0.29, 0.717) is 60.9 Å². The fraction of sp³-hybridized carbons (Fsp3) is 0.553. The normalized spacial score (nSPS) is 22.7. The lowest BCUT2D eigenvalue weighted by Gasteiger charge is -2.59. The predicted octanol–water partition coefficient (Wildman–Crippen LogP) is 6.99. The summed E-state index contributed by atoms with van der Waals surface area (Å²) in [4.78, 5) is 35.2. The van der Waals surface area contributed by atoms with E-state index in [0.717, 1.165) is 30.4 Å². The zero-order valence-corrected chi connectivity index (χ0v) is 36.8. The second-order valence-corrected chi connectivity index (χ2v) is 15.5. The number of oxime groups is 1. The number of hydrogen-bond acceptors (Lipinski definition) is 14. The maximum atomic E-state index is 14.3. The van der Waals surface area contributed by atoms with Crippen LogP contribution in [0.5, 0.6) is 23.0 Å². The highest BCUT2D eigenvalue weighted by atomic mass is 16.7. The van der Waals surface area contributed by atoms with E-state index in [1.54, 1.807) is 47.4 Å². The number of fused-ring (bicyclic) bond motifs is 2. The van der Waals surface area contributed by atoms with Gasteiger partial charge in [0, 0.05) is 43.7 Å². The highest BCUT2D eigenvalue weighted by molar-refractivity contribution is 6.03. The zero-order valence-electron chi connectivity index (χ0n) is 36.8. The fourth-order valence-electron chi connectivity index (χ4n) is 9.01. The molecule has 0 aromatic heterocycles. The quantitative estimate of drug-likeness (QED) is 0.0429.